The zero-order chi connectivity index (χ0) is 17.3. The monoisotopic (exact) mass is 338 g/mol. The van der Waals surface area contributed by atoms with Gasteiger partial charge in [-0.15, -0.1) is 0 Å². The quantitative estimate of drug-likeness (QED) is 0.531. The second-order valence-electron chi connectivity index (χ2n) is 5.86. The summed E-state index contributed by atoms with van der Waals surface area (Å²) in [7, 11) is 0. The molecule has 0 fully saturated rings. The lowest BCUT2D eigenvalue weighted by Crippen LogP contribution is -2.19. The maximum atomic E-state index is 11.5. The lowest BCUT2D eigenvalue weighted by atomic mass is 10.1. The molecule has 5 heteroatoms. The molecular weight excluding hydrogens is 320 g/mol. The van der Waals surface area contributed by atoms with Crippen molar-refractivity contribution in [2.75, 3.05) is 10.6 Å². The van der Waals surface area contributed by atoms with Crippen LogP contribution in [-0.4, -0.2) is 5.11 Å². The van der Waals surface area contributed by atoms with Gasteiger partial charge in [-0.1, -0.05) is 12.1 Å². The Bertz CT molecular complexity index is 992. The summed E-state index contributed by atoms with van der Waals surface area (Å²) in [6.45, 7) is 5.95. The predicted octanol–water partition coefficient (Wildman–Crippen LogP) is 4.53. The third-order valence-corrected chi connectivity index (χ3v) is 4.05. The number of fused-ring (bicyclic) bond motifs is 1. The van der Waals surface area contributed by atoms with Crippen molar-refractivity contribution in [1.29, 1.82) is 0 Å². The minimum absolute atomic E-state index is 0.353. The molecule has 24 heavy (non-hydrogen) atoms. The highest BCUT2D eigenvalue weighted by atomic mass is 32.1. The summed E-state index contributed by atoms with van der Waals surface area (Å²) in [5, 5.41) is 7.72. The van der Waals surface area contributed by atoms with Gasteiger partial charge in [0.1, 0.15) is 5.58 Å². The first-order valence-corrected chi connectivity index (χ1v) is 8.03. The molecule has 2 N–H and O–H groups in total. The highest BCUT2D eigenvalue weighted by molar-refractivity contribution is 7.80. The van der Waals surface area contributed by atoms with Gasteiger partial charge in [-0.25, -0.2) is 4.79 Å². The average Bonchev–Trinajstić information content (AvgIpc) is 2.50. The first-order valence-electron chi connectivity index (χ1n) is 7.62. The molecular formula is C19H18N2O2S. The van der Waals surface area contributed by atoms with Crippen molar-refractivity contribution < 1.29 is 4.42 Å². The van der Waals surface area contributed by atoms with E-state index in [1.807, 2.05) is 45.0 Å². The van der Waals surface area contributed by atoms with Gasteiger partial charge in [0, 0.05) is 28.9 Å². The summed E-state index contributed by atoms with van der Waals surface area (Å²) in [5.74, 6) is 0. The third-order valence-electron chi connectivity index (χ3n) is 3.85. The minimum atomic E-state index is -0.353. The van der Waals surface area contributed by atoms with Gasteiger partial charge in [-0.2, -0.15) is 0 Å². The fourth-order valence-electron chi connectivity index (χ4n) is 2.56. The van der Waals surface area contributed by atoms with Crippen molar-refractivity contribution in [3.63, 3.8) is 0 Å². The number of thiocarbonyl (C=S) groups is 1. The topological polar surface area (TPSA) is 54.3 Å². The Morgan fingerprint density at radius 3 is 2.54 bits per heavy atom. The summed E-state index contributed by atoms with van der Waals surface area (Å²) in [6.07, 6.45) is 0. The SMILES string of the molecule is Cc1ccc(C)c(NC(=S)Nc2ccc3c(C)cc(=O)oc3c2)c1. The molecule has 0 radical (unpaired) electrons. The van der Waals surface area contributed by atoms with E-state index in [0.29, 0.717) is 10.7 Å². The molecule has 0 saturated heterocycles. The number of benzene rings is 2. The fraction of sp³-hybridized carbons (Fsp3) is 0.158. The summed E-state index contributed by atoms with van der Waals surface area (Å²) in [4.78, 5) is 11.5. The number of rotatable bonds is 2. The summed E-state index contributed by atoms with van der Waals surface area (Å²) < 4.78 is 5.26. The third kappa shape index (κ3) is 3.46. The molecule has 3 rings (SSSR count). The van der Waals surface area contributed by atoms with Crippen molar-refractivity contribution in [1.82, 2.24) is 0 Å². The van der Waals surface area contributed by atoms with Crippen molar-refractivity contribution in [3.8, 4) is 0 Å². The largest absolute Gasteiger partial charge is 0.423 e. The molecule has 0 aliphatic rings. The average molecular weight is 338 g/mol. The molecule has 0 saturated carbocycles. The van der Waals surface area contributed by atoms with Crippen molar-refractivity contribution in [2.45, 2.75) is 20.8 Å². The normalized spacial score (nSPS) is 10.6. The molecule has 0 bridgehead atoms. The van der Waals surface area contributed by atoms with Crippen LogP contribution in [0.3, 0.4) is 0 Å². The Morgan fingerprint density at radius 1 is 0.958 bits per heavy atom. The predicted molar refractivity (Wildman–Crippen MR) is 103 cm³/mol. The van der Waals surface area contributed by atoms with Crippen LogP contribution in [0, 0.1) is 20.8 Å². The van der Waals surface area contributed by atoms with E-state index in [1.54, 1.807) is 6.07 Å². The van der Waals surface area contributed by atoms with E-state index in [0.717, 1.165) is 33.5 Å². The van der Waals surface area contributed by atoms with E-state index in [1.165, 1.54) is 6.07 Å². The molecule has 2 aromatic carbocycles. The Kier molecular flexibility index (Phi) is 4.36. The summed E-state index contributed by atoms with van der Waals surface area (Å²) in [5.41, 5.74) is 5.09. The Labute approximate surface area is 145 Å². The Morgan fingerprint density at radius 2 is 1.75 bits per heavy atom. The fourth-order valence-corrected chi connectivity index (χ4v) is 2.79. The number of anilines is 2. The molecule has 122 valence electrons. The molecule has 1 heterocycles. The van der Waals surface area contributed by atoms with Gasteiger partial charge in [0.25, 0.3) is 0 Å². The Hall–Kier alpha value is -2.66. The van der Waals surface area contributed by atoms with Crippen LogP contribution in [-0.2, 0) is 0 Å². The molecule has 1 aromatic heterocycles. The van der Waals surface area contributed by atoms with E-state index in [4.69, 9.17) is 16.6 Å². The molecule has 0 amide bonds. The van der Waals surface area contributed by atoms with Gasteiger partial charge >= 0.3 is 5.63 Å². The summed E-state index contributed by atoms with van der Waals surface area (Å²) >= 11 is 5.38. The van der Waals surface area contributed by atoms with E-state index in [2.05, 4.69) is 16.7 Å². The molecule has 0 aliphatic heterocycles. The van der Waals surface area contributed by atoms with Crippen molar-refractivity contribution in [2.24, 2.45) is 0 Å². The van der Waals surface area contributed by atoms with Gasteiger partial charge in [0.05, 0.1) is 0 Å². The van der Waals surface area contributed by atoms with Gasteiger partial charge in [0.15, 0.2) is 5.11 Å². The van der Waals surface area contributed by atoms with Crippen LogP contribution in [0.5, 0.6) is 0 Å². The maximum Gasteiger partial charge on any atom is 0.336 e. The molecule has 0 spiro atoms. The molecule has 4 nitrogen and oxygen atoms in total. The summed E-state index contributed by atoms with van der Waals surface area (Å²) in [6, 6.07) is 13.2. The smallest absolute Gasteiger partial charge is 0.336 e. The standard InChI is InChI=1S/C19H18N2O2S/c1-11-4-5-12(2)16(8-11)21-19(24)20-14-6-7-15-13(3)9-18(22)23-17(15)10-14/h4-10H,1-3H3,(H2,20,21,24). The molecule has 3 aromatic rings. The van der Waals surface area contributed by atoms with Crippen LogP contribution in [0.15, 0.2) is 51.7 Å². The van der Waals surface area contributed by atoms with E-state index >= 15 is 0 Å². The van der Waals surface area contributed by atoms with Gasteiger partial charge in [-0.05, 0) is 67.9 Å². The highest BCUT2D eigenvalue weighted by Gasteiger charge is 2.06. The first-order chi connectivity index (χ1) is 11.4. The minimum Gasteiger partial charge on any atom is -0.423 e. The zero-order valence-electron chi connectivity index (χ0n) is 13.8. The van der Waals surface area contributed by atoms with Gasteiger partial charge < -0.3 is 15.1 Å². The van der Waals surface area contributed by atoms with Crippen LogP contribution >= 0.6 is 12.2 Å². The lowest BCUT2D eigenvalue weighted by molar-refractivity contribution is 0.560. The van der Waals surface area contributed by atoms with Crippen LogP contribution < -0.4 is 16.3 Å². The lowest BCUT2D eigenvalue weighted by Gasteiger charge is -2.13. The first kappa shape index (κ1) is 16.2. The van der Waals surface area contributed by atoms with Crippen molar-refractivity contribution >= 4 is 39.7 Å². The van der Waals surface area contributed by atoms with Gasteiger partial charge in [-0.3, -0.25) is 0 Å². The second-order valence-corrected chi connectivity index (χ2v) is 6.27. The molecule has 0 aliphatic carbocycles. The number of hydrogen-bond donors (Lipinski definition) is 2. The number of aryl methyl sites for hydroxylation is 3. The van der Waals surface area contributed by atoms with Crippen LogP contribution in [0.4, 0.5) is 11.4 Å². The van der Waals surface area contributed by atoms with Crippen LogP contribution in [0.25, 0.3) is 11.0 Å². The number of nitrogens with one attached hydrogen (secondary N) is 2. The van der Waals surface area contributed by atoms with Crippen LogP contribution in [0.2, 0.25) is 0 Å². The second kappa shape index (κ2) is 6.45. The molecule has 0 atom stereocenters. The van der Waals surface area contributed by atoms with E-state index in [9.17, 15) is 4.79 Å². The number of hydrogen-bond acceptors (Lipinski definition) is 3. The zero-order valence-corrected chi connectivity index (χ0v) is 14.6. The Balaban J connectivity index is 1.83. The van der Waals surface area contributed by atoms with Crippen LogP contribution in [0.1, 0.15) is 16.7 Å². The van der Waals surface area contributed by atoms with Gasteiger partial charge in [0.2, 0.25) is 0 Å². The van der Waals surface area contributed by atoms with E-state index in [-0.39, 0.29) is 5.63 Å². The van der Waals surface area contributed by atoms with E-state index < -0.39 is 0 Å². The molecule has 0 unspecified atom stereocenters. The van der Waals surface area contributed by atoms with Crippen molar-refractivity contribution in [3.05, 3.63) is 69.6 Å². The highest BCUT2D eigenvalue weighted by Crippen LogP contribution is 2.21. The maximum absolute atomic E-state index is 11.5.